The van der Waals surface area contributed by atoms with E-state index in [9.17, 15) is 0 Å². The van der Waals surface area contributed by atoms with E-state index in [1.54, 1.807) is 0 Å². The summed E-state index contributed by atoms with van der Waals surface area (Å²) >= 11 is 0. The van der Waals surface area contributed by atoms with Crippen LogP contribution in [0.1, 0.15) is 17.2 Å². The first-order chi connectivity index (χ1) is 19.3. The van der Waals surface area contributed by atoms with Crippen molar-refractivity contribution >= 4 is 22.7 Å². The highest BCUT2D eigenvalue weighted by Crippen LogP contribution is 2.42. The molecule has 0 amide bonds. The standard InChI is InChI=1S/C30H38N6O3/c1-2-4-25-23(3-1)7-8-36-28(25)22-35(10-9-33-11-16-37-17-12-33)29-30(36)31-26-6-5-24(21-27(26)32-29)39-20-15-34-13-18-38-19-14-34/h1-6,21,28H,7-20,22H2. The predicted molar refractivity (Wildman–Crippen MR) is 152 cm³/mol. The van der Waals surface area contributed by atoms with Gasteiger partial charge in [0.25, 0.3) is 0 Å². The van der Waals surface area contributed by atoms with Gasteiger partial charge in [-0.25, -0.2) is 9.97 Å². The molecule has 9 heteroatoms. The van der Waals surface area contributed by atoms with Gasteiger partial charge < -0.3 is 24.0 Å². The summed E-state index contributed by atoms with van der Waals surface area (Å²) in [7, 11) is 0. The van der Waals surface area contributed by atoms with Crippen LogP contribution in [0.15, 0.2) is 42.5 Å². The second-order valence-corrected chi connectivity index (χ2v) is 10.9. The fraction of sp³-hybridized carbons (Fsp3) is 0.533. The zero-order valence-corrected chi connectivity index (χ0v) is 22.6. The van der Waals surface area contributed by atoms with E-state index in [-0.39, 0.29) is 0 Å². The quantitative estimate of drug-likeness (QED) is 0.459. The highest BCUT2D eigenvalue weighted by Gasteiger charge is 2.37. The number of ether oxygens (including phenoxy) is 3. The zero-order valence-electron chi connectivity index (χ0n) is 22.6. The van der Waals surface area contributed by atoms with E-state index in [4.69, 9.17) is 24.2 Å². The molecule has 0 spiro atoms. The first-order valence-corrected chi connectivity index (χ1v) is 14.5. The number of nitrogens with zero attached hydrogens (tertiary/aromatic N) is 6. The molecule has 2 fully saturated rings. The van der Waals surface area contributed by atoms with Gasteiger partial charge in [-0.15, -0.1) is 0 Å². The molecular formula is C30H38N6O3. The van der Waals surface area contributed by atoms with Gasteiger partial charge in [-0.3, -0.25) is 9.80 Å². The van der Waals surface area contributed by atoms with E-state index in [1.807, 2.05) is 6.07 Å². The first kappa shape index (κ1) is 25.0. The second-order valence-electron chi connectivity index (χ2n) is 10.9. The van der Waals surface area contributed by atoms with Gasteiger partial charge in [0.2, 0.25) is 0 Å². The minimum absolute atomic E-state index is 0.293. The van der Waals surface area contributed by atoms with Crippen molar-refractivity contribution < 1.29 is 14.2 Å². The molecule has 9 nitrogen and oxygen atoms in total. The summed E-state index contributed by atoms with van der Waals surface area (Å²) in [6.45, 7) is 12.6. The largest absolute Gasteiger partial charge is 0.492 e. The first-order valence-electron chi connectivity index (χ1n) is 14.5. The molecule has 0 saturated carbocycles. The Morgan fingerprint density at radius 1 is 0.769 bits per heavy atom. The maximum absolute atomic E-state index is 6.15. The highest BCUT2D eigenvalue weighted by molar-refractivity contribution is 5.83. The SMILES string of the molecule is c1ccc2c(c1)CCN1c3nc4ccc(OCCN5CCOCC5)cc4nc3N(CCN3CCOCC3)CC21. The fourth-order valence-electron chi connectivity index (χ4n) is 6.31. The molecule has 1 unspecified atom stereocenters. The average molecular weight is 531 g/mol. The van der Waals surface area contributed by atoms with Crippen LogP contribution in [0.25, 0.3) is 11.0 Å². The normalized spacial score (nSPS) is 21.9. The van der Waals surface area contributed by atoms with Crippen LogP contribution < -0.4 is 14.5 Å². The van der Waals surface area contributed by atoms with Crippen molar-refractivity contribution in [2.75, 3.05) is 102 Å². The molecule has 1 aromatic heterocycles. The highest BCUT2D eigenvalue weighted by atomic mass is 16.5. The number of rotatable bonds is 7. The van der Waals surface area contributed by atoms with Crippen molar-refractivity contribution in [1.82, 2.24) is 19.8 Å². The van der Waals surface area contributed by atoms with Gasteiger partial charge in [0.15, 0.2) is 11.6 Å². The Kier molecular flexibility index (Phi) is 7.22. The van der Waals surface area contributed by atoms with Gasteiger partial charge in [-0.1, -0.05) is 24.3 Å². The molecule has 5 heterocycles. The third-order valence-electron chi connectivity index (χ3n) is 8.55. The van der Waals surface area contributed by atoms with E-state index in [0.29, 0.717) is 12.6 Å². The van der Waals surface area contributed by atoms with Gasteiger partial charge in [0.1, 0.15) is 12.4 Å². The van der Waals surface area contributed by atoms with Crippen molar-refractivity contribution in [3.63, 3.8) is 0 Å². The number of hydrogen-bond donors (Lipinski definition) is 0. The van der Waals surface area contributed by atoms with Crippen LogP contribution in [0, 0.1) is 0 Å². The molecule has 1 atom stereocenters. The van der Waals surface area contributed by atoms with Crippen LogP contribution in [0.2, 0.25) is 0 Å². The molecule has 0 aliphatic carbocycles. The molecular weight excluding hydrogens is 492 g/mol. The minimum atomic E-state index is 0.293. The Bertz CT molecular complexity index is 1290. The molecule has 0 N–H and O–H groups in total. The van der Waals surface area contributed by atoms with E-state index < -0.39 is 0 Å². The van der Waals surface area contributed by atoms with Crippen LogP contribution >= 0.6 is 0 Å². The van der Waals surface area contributed by atoms with Crippen molar-refractivity contribution in [3.8, 4) is 5.75 Å². The summed E-state index contributed by atoms with van der Waals surface area (Å²) in [5, 5.41) is 0. The molecule has 0 radical (unpaired) electrons. The van der Waals surface area contributed by atoms with Crippen LogP contribution in [-0.4, -0.2) is 112 Å². The van der Waals surface area contributed by atoms with Crippen LogP contribution in [0.3, 0.4) is 0 Å². The smallest absolute Gasteiger partial charge is 0.173 e. The van der Waals surface area contributed by atoms with Gasteiger partial charge in [-0.2, -0.15) is 0 Å². The van der Waals surface area contributed by atoms with E-state index >= 15 is 0 Å². The van der Waals surface area contributed by atoms with Crippen molar-refractivity contribution in [3.05, 3.63) is 53.6 Å². The maximum atomic E-state index is 6.15. The molecule has 0 bridgehead atoms. The van der Waals surface area contributed by atoms with Gasteiger partial charge >= 0.3 is 0 Å². The number of hydrogen-bond acceptors (Lipinski definition) is 9. The average Bonchev–Trinajstić information content (AvgIpc) is 3.00. The summed E-state index contributed by atoms with van der Waals surface area (Å²) in [5.74, 6) is 2.86. The number of benzene rings is 2. The summed E-state index contributed by atoms with van der Waals surface area (Å²) in [6, 6.07) is 15.4. The third-order valence-corrected chi connectivity index (χ3v) is 8.55. The summed E-state index contributed by atoms with van der Waals surface area (Å²) in [5.41, 5.74) is 4.70. The monoisotopic (exact) mass is 530 g/mol. The van der Waals surface area contributed by atoms with Crippen LogP contribution in [0.5, 0.6) is 5.75 Å². The van der Waals surface area contributed by atoms with Gasteiger partial charge in [0.05, 0.1) is 43.5 Å². The lowest BCUT2D eigenvalue weighted by molar-refractivity contribution is 0.0322. The predicted octanol–water partition coefficient (Wildman–Crippen LogP) is 2.60. The van der Waals surface area contributed by atoms with Gasteiger partial charge in [0, 0.05) is 65.0 Å². The van der Waals surface area contributed by atoms with E-state index in [1.165, 1.54) is 11.1 Å². The Hall–Kier alpha value is -2.98. The molecule has 7 rings (SSSR count). The maximum Gasteiger partial charge on any atom is 0.173 e. The third kappa shape index (κ3) is 5.28. The van der Waals surface area contributed by atoms with E-state index in [0.717, 1.165) is 120 Å². The van der Waals surface area contributed by atoms with Crippen molar-refractivity contribution in [2.45, 2.75) is 12.5 Å². The second kappa shape index (κ2) is 11.3. The number of fused-ring (bicyclic) bond motifs is 6. The minimum Gasteiger partial charge on any atom is -0.492 e. The molecule has 4 aliphatic rings. The number of morpholine rings is 2. The number of aromatic nitrogens is 2. The number of anilines is 2. The molecule has 3 aromatic rings. The van der Waals surface area contributed by atoms with Crippen LogP contribution in [-0.2, 0) is 15.9 Å². The summed E-state index contributed by atoms with van der Waals surface area (Å²) < 4.78 is 17.2. The van der Waals surface area contributed by atoms with Crippen molar-refractivity contribution in [2.24, 2.45) is 0 Å². The summed E-state index contributed by atoms with van der Waals surface area (Å²) in [4.78, 5) is 20.3. The summed E-state index contributed by atoms with van der Waals surface area (Å²) in [6.07, 6.45) is 1.04. The lowest BCUT2D eigenvalue weighted by atomic mass is 9.91. The lowest BCUT2D eigenvalue weighted by Gasteiger charge is -2.46. The topological polar surface area (TPSA) is 66.4 Å². The molecule has 4 aliphatic heterocycles. The van der Waals surface area contributed by atoms with Crippen molar-refractivity contribution in [1.29, 1.82) is 0 Å². The molecule has 2 aromatic carbocycles. The Balaban J connectivity index is 1.16. The van der Waals surface area contributed by atoms with E-state index in [2.05, 4.69) is 56.0 Å². The molecule has 39 heavy (non-hydrogen) atoms. The lowest BCUT2D eigenvalue weighted by Crippen LogP contribution is -2.50. The fourth-order valence-corrected chi connectivity index (χ4v) is 6.31. The van der Waals surface area contributed by atoms with Gasteiger partial charge in [-0.05, 0) is 29.7 Å². The Morgan fingerprint density at radius 3 is 2.33 bits per heavy atom. The van der Waals surface area contributed by atoms with Crippen LogP contribution in [0.4, 0.5) is 11.6 Å². The molecule has 2 saturated heterocycles. The zero-order chi connectivity index (χ0) is 26.0. The Morgan fingerprint density at radius 2 is 1.51 bits per heavy atom. The molecule has 206 valence electrons. The Labute approximate surface area is 230 Å².